The van der Waals surface area contributed by atoms with Gasteiger partial charge in [-0.2, -0.15) is 0 Å². The summed E-state index contributed by atoms with van der Waals surface area (Å²) in [5, 5.41) is 20.9. The summed E-state index contributed by atoms with van der Waals surface area (Å²) in [7, 11) is 0. The lowest BCUT2D eigenvalue weighted by Crippen LogP contribution is -2.30. The van der Waals surface area contributed by atoms with Gasteiger partial charge in [0.2, 0.25) is 0 Å². The maximum Gasteiger partial charge on any atom is 0.333 e. The Morgan fingerprint density at radius 3 is 0.895 bits per heavy atom. The minimum atomic E-state index is -1.08. The van der Waals surface area contributed by atoms with Crippen LogP contribution in [0, 0.1) is 0 Å². The van der Waals surface area contributed by atoms with Crippen LogP contribution in [0.3, 0.4) is 0 Å². The fourth-order valence-electron chi connectivity index (χ4n) is 4.81. The highest BCUT2D eigenvalue weighted by molar-refractivity contribution is 5.97. The summed E-state index contributed by atoms with van der Waals surface area (Å²) in [5.41, 5.74) is 4.16. The molecule has 0 fully saturated rings. The van der Waals surface area contributed by atoms with Crippen molar-refractivity contribution < 1.29 is 19.8 Å². The zero-order valence-corrected chi connectivity index (χ0v) is 20.6. The lowest BCUT2D eigenvalue weighted by molar-refractivity contribution is -0.134. The second kappa shape index (κ2) is 10.9. The molecule has 0 heterocycles. The van der Waals surface area contributed by atoms with Crippen LogP contribution in [-0.2, 0) is 9.59 Å². The molecule has 0 amide bonds. The van der Waals surface area contributed by atoms with Gasteiger partial charge in [-0.25, -0.2) is 9.59 Å². The Morgan fingerprint density at radius 1 is 0.447 bits per heavy atom. The molecule has 6 heteroatoms. The minimum Gasteiger partial charge on any atom is -0.478 e. The molecule has 0 aromatic heterocycles. The molecular formula is C32H26N2O4. The second-order valence-corrected chi connectivity index (χ2v) is 8.83. The van der Waals surface area contributed by atoms with Gasteiger partial charge in [-0.1, -0.05) is 72.8 Å². The van der Waals surface area contributed by atoms with Gasteiger partial charge in [0, 0.05) is 47.0 Å². The lowest BCUT2D eigenvalue weighted by atomic mass is 9.90. The van der Waals surface area contributed by atoms with Crippen molar-refractivity contribution in [3.8, 4) is 0 Å². The molecule has 5 rings (SSSR count). The number of carboxylic acid groups (broad SMARTS) is 2. The number of nitrogens with zero attached hydrogens (tertiary/aromatic N) is 2. The van der Waals surface area contributed by atoms with Crippen molar-refractivity contribution in [1.82, 2.24) is 0 Å². The number of hydrogen-bond donors (Lipinski definition) is 2. The molecule has 2 N–H and O–H groups in total. The monoisotopic (exact) mass is 502 g/mol. The first kappa shape index (κ1) is 24.6. The van der Waals surface area contributed by atoms with Crippen molar-refractivity contribution in [3.05, 3.63) is 144 Å². The van der Waals surface area contributed by atoms with Crippen LogP contribution in [0.25, 0.3) is 0 Å². The van der Waals surface area contributed by atoms with Crippen LogP contribution >= 0.6 is 0 Å². The highest BCUT2D eigenvalue weighted by atomic mass is 16.4. The van der Waals surface area contributed by atoms with E-state index in [1.54, 1.807) is 0 Å². The summed E-state index contributed by atoms with van der Waals surface area (Å²) >= 11 is 0. The van der Waals surface area contributed by atoms with Crippen LogP contribution in [0.5, 0.6) is 0 Å². The molecular weight excluding hydrogens is 476 g/mol. The molecule has 0 aliphatic heterocycles. The van der Waals surface area contributed by atoms with Crippen LogP contribution < -0.4 is 9.80 Å². The van der Waals surface area contributed by atoms with Gasteiger partial charge < -0.3 is 20.0 Å². The van der Waals surface area contributed by atoms with E-state index in [0.29, 0.717) is 11.4 Å². The Kier molecular flexibility index (Phi) is 7.04. The number of benzene rings is 4. The van der Waals surface area contributed by atoms with E-state index >= 15 is 0 Å². The zero-order chi connectivity index (χ0) is 26.5. The van der Waals surface area contributed by atoms with E-state index in [-0.39, 0.29) is 24.0 Å². The summed E-state index contributed by atoms with van der Waals surface area (Å²) in [6, 6.07) is 37.7. The average Bonchev–Trinajstić information content (AvgIpc) is 2.96. The Bertz CT molecular complexity index is 1300. The topological polar surface area (TPSA) is 81.1 Å². The van der Waals surface area contributed by atoms with Crippen LogP contribution in [0.15, 0.2) is 144 Å². The van der Waals surface area contributed by atoms with Gasteiger partial charge in [0.15, 0.2) is 0 Å². The normalized spacial score (nSPS) is 13.3. The van der Waals surface area contributed by atoms with Crippen LogP contribution in [0.4, 0.5) is 22.7 Å². The number of carbonyl (C=O) groups is 2. The Labute approximate surface area is 221 Å². The molecule has 0 atom stereocenters. The first-order chi connectivity index (χ1) is 18.5. The molecule has 0 unspecified atom stereocenters. The van der Waals surface area contributed by atoms with E-state index in [2.05, 4.69) is 0 Å². The third-order valence-corrected chi connectivity index (χ3v) is 6.50. The van der Waals surface area contributed by atoms with Crippen molar-refractivity contribution >= 4 is 34.7 Å². The van der Waals surface area contributed by atoms with E-state index in [1.807, 2.05) is 131 Å². The van der Waals surface area contributed by atoms with Gasteiger partial charge in [0.05, 0.1) is 11.1 Å². The SMILES string of the molecule is O=C(O)C1=C(N(c2ccccc2)c2ccccc2)CC(C(=O)O)=C(N(c2ccccc2)c2ccccc2)C1. The molecule has 0 saturated carbocycles. The first-order valence-electron chi connectivity index (χ1n) is 12.3. The number of anilines is 4. The van der Waals surface area contributed by atoms with Crippen molar-refractivity contribution in [2.24, 2.45) is 0 Å². The number of allylic oxidation sites excluding steroid dienone is 2. The highest BCUT2D eigenvalue weighted by Gasteiger charge is 2.35. The predicted molar refractivity (Wildman–Crippen MR) is 149 cm³/mol. The Hall–Kier alpha value is -5.10. The van der Waals surface area contributed by atoms with Crippen molar-refractivity contribution in [2.75, 3.05) is 9.80 Å². The van der Waals surface area contributed by atoms with Gasteiger partial charge in [-0.15, -0.1) is 0 Å². The molecule has 0 spiro atoms. The Balaban J connectivity index is 1.71. The molecule has 1 aliphatic carbocycles. The Morgan fingerprint density at radius 2 is 0.684 bits per heavy atom. The average molecular weight is 503 g/mol. The fraction of sp³-hybridized carbons (Fsp3) is 0.0625. The summed E-state index contributed by atoms with van der Waals surface area (Å²) in [6.45, 7) is 0. The standard InChI is InChI=1S/C32H26N2O4/c35-31(36)27-22-30(34(25-17-9-3-10-18-25)26-19-11-4-12-20-26)28(32(37)38)21-29(27)33(23-13-5-1-6-14-23)24-15-7-2-8-16-24/h1-20H,21-22H2,(H,35,36)(H,37,38). The van der Waals surface area contributed by atoms with E-state index in [0.717, 1.165) is 22.7 Å². The van der Waals surface area contributed by atoms with Crippen LogP contribution in [0.1, 0.15) is 12.8 Å². The fourth-order valence-corrected chi connectivity index (χ4v) is 4.81. The van der Waals surface area contributed by atoms with E-state index in [1.165, 1.54) is 0 Å². The quantitative estimate of drug-likeness (QED) is 0.267. The van der Waals surface area contributed by atoms with Gasteiger partial charge in [-0.3, -0.25) is 0 Å². The number of aliphatic carboxylic acids is 2. The maximum absolute atomic E-state index is 12.8. The molecule has 38 heavy (non-hydrogen) atoms. The molecule has 0 bridgehead atoms. The van der Waals surface area contributed by atoms with Crippen LogP contribution in [-0.4, -0.2) is 22.2 Å². The maximum atomic E-state index is 12.8. The van der Waals surface area contributed by atoms with Gasteiger partial charge in [0.25, 0.3) is 0 Å². The largest absolute Gasteiger partial charge is 0.478 e. The molecule has 188 valence electrons. The number of hydrogen-bond acceptors (Lipinski definition) is 4. The summed E-state index contributed by atoms with van der Waals surface area (Å²) in [4.78, 5) is 29.2. The minimum absolute atomic E-state index is 0.0632. The van der Waals surface area contributed by atoms with Crippen molar-refractivity contribution in [2.45, 2.75) is 12.8 Å². The molecule has 1 aliphatic rings. The lowest BCUT2D eigenvalue weighted by Gasteiger charge is -2.36. The smallest absolute Gasteiger partial charge is 0.333 e. The highest BCUT2D eigenvalue weighted by Crippen LogP contribution is 2.43. The van der Waals surface area contributed by atoms with Crippen molar-refractivity contribution in [1.29, 1.82) is 0 Å². The summed E-state index contributed by atoms with van der Waals surface area (Å²) in [5.74, 6) is -2.17. The third kappa shape index (κ3) is 4.92. The molecule has 4 aromatic rings. The van der Waals surface area contributed by atoms with Gasteiger partial charge in [-0.05, 0) is 48.5 Å². The number of rotatable bonds is 8. The summed E-state index contributed by atoms with van der Waals surface area (Å²) in [6.07, 6.45) is -0.126. The summed E-state index contributed by atoms with van der Waals surface area (Å²) < 4.78 is 0. The third-order valence-electron chi connectivity index (χ3n) is 6.50. The van der Waals surface area contributed by atoms with Crippen LogP contribution in [0.2, 0.25) is 0 Å². The molecule has 6 nitrogen and oxygen atoms in total. The number of carboxylic acids is 2. The predicted octanol–water partition coefficient (Wildman–Crippen LogP) is 7.13. The first-order valence-corrected chi connectivity index (χ1v) is 12.3. The molecule has 0 saturated heterocycles. The van der Waals surface area contributed by atoms with Gasteiger partial charge in [0.1, 0.15) is 0 Å². The number of para-hydroxylation sites is 4. The van der Waals surface area contributed by atoms with E-state index in [4.69, 9.17) is 0 Å². The molecule has 0 radical (unpaired) electrons. The van der Waals surface area contributed by atoms with Gasteiger partial charge >= 0.3 is 11.9 Å². The van der Waals surface area contributed by atoms with Crippen molar-refractivity contribution in [3.63, 3.8) is 0 Å². The molecule has 4 aromatic carbocycles. The zero-order valence-electron chi connectivity index (χ0n) is 20.6. The second-order valence-electron chi connectivity index (χ2n) is 8.83. The van der Waals surface area contributed by atoms with E-state index in [9.17, 15) is 19.8 Å². The van der Waals surface area contributed by atoms with E-state index < -0.39 is 11.9 Å².